The number of amides is 1. The first kappa shape index (κ1) is 14.8. The van der Waals surface area contributed by atoms with E-state index in [2.05, 4.69) is 10.3 Å². The van der Waals surface area contributed by atoms with Crippen LogP contribution in [0, 0.1) is 5.82 Å². The number of benzene rings is 1. The molecule has 0 aliphatic rings. The predicted octanol–water partition coefficient (Wildman–Crippen LogP) is 4.02. The van der Waals surface area contributed by atoms with Crippen LogP contribution in [0.1, 0.15) is 29.0 Å². The van der Waals surface area contributed by atoms with Gasteiger partial charge in [-0.1, -0.05) is 41.4 Å². The van der Waals surface area contributed by atoms with Crippen LogP contribution in [0.25, 0.3) is 0 Å². The molecule has 0 radical (unpaired) electrons. The van der Waals surface area contributed by atoms with E-state index >= 15 is 0 Å². The minimum atomic E-state index is -0.513. The first-order chi connectivity index (χ1) is 9.49. The second-order valence-corrected chi connectivity index (χ2v) is 4.98. The maximum Gasteiger partial charge on any atom is 0.271 e. The number of aromatic nitrogens is 1. The summed E-state index contributed by atoms with van der Waals surface area (Å²) in [5, 5.41) is 2.99. The molecule has 20 heavy (non-hydrogen) atoms. The SMILES string of the molecule is CC(NC(=O)c1nc(Cl)ccc1Cl)c1ccccc1F. The largest absolute Gasteiger partial charge is 0.344 e. The van der Waals surface area contributed by atoms with Crippen LogP contribution in [0.2, 0.25) is 10.2 Å². The van der Waals surface area contributed by atoms with Gasteiger partial charge in [-0.3, -0.25) is 4.79 Å². The molecular weight excluding hydrogens is 302 g/mol. The zero-order valence-electron chi connectivity index (χ0n) is 10.5. The molecule has 0 bridgehead atoms. The van der Waals surface area contributed by atoms with Crippen molar-refractivity contribution in [2.75, 3.05) is 0 Å². The van der Waals surface area contributed by atoms with Crippen molar-refractivity contribution < 1.29 is 9.18 Å². The zero-order chi connectivity index (χ0) is 14.7. The van der Waals surface area contributed by atoms with Crippen LogP contribution in [0.4, 0.5) is 4.39 Å². The van der Waals surface area contributed by atoms with Crippen molar-refractivity contribution in [1.82, 2.24) is 10.3 Å². The van der Waals surface area contributed by atoms with Gasteiger partial charge < -0.3 is 5.32 Å². The minimum Gasteiger partial charge on any atom is -0.344 e. The van der Waals surface area contributed by atoms with Gasteiger partial charge in [0.05, 0.1) is 11.1 Å². The Balaban J connectivity index is 2.20. The van der Waals surface area contributed by atoms with Gasteiger partial charge in [-0.2, -0.15) is 0 Å². The average Bonchev–Trinajstić information content (AvgIpc) is 2.41. The smallest absolute Gasteiger partial charge is 0.271 e. The van der Waals surface area contributed by atoms with Crippen LogP contribution in [0.3, 0.4) is 0 Å². The molecule has 1 unspecified atom stereocenters. The average molecular weight is 313 g/mol. The van der Waals surface area contributed by atoms with Crippen molar-refractivity contribution in [2.45, 2.75) is 13.0 Å². The summed E-state index contributed by atoms with van der Waals surface area (Å²) in [6.07, 6.45) is 0. The highest BCUT2D eigenvalue weighted by Crippen LogP contribution is 2.20. The maximum absolute atomic E-state index is 13.6. The van der Waals surface area contributed by atoms with E-state index in [4.69, 9.17) is 23.2 Å². The topological polar surface area (TPSA) is 42.0 Å². The third-order valence-electron chi connectivity index (χ3n) is 2.75. The Morgan fingerprint density at radius 1 is 1.25 bits per heavy atom. The number of pyridine rings is 1. The van der Waals surface area contributed by atoms with Crippen LogP contribution in [0.5, 0.6) is 0 Å². The molecule has 0 fully saturated rings. The third kappa shape index (κ3) is 3.26. The summed E-state index contributed by atoms with van der Waals surface area (Å²) < 4.78 is 13.6. The van der Waals surface area contributed by atoms with E-state index in [9.17, 15) is 9.18 Å². The van der Waals surface area contributed by atoms with E-state index in [0.717, 1.165) is 0 Å². The summed E-state index contributed by atoms with van der Waals surface area (Å²) in [6, 6.07) is 8.69. The van der Waals surface area contributed by atoms with Gasteiger partial charge in [0.15, 0.2) is 0 Å². The summed E-state index contributed by atoms with van der Waals surface area (Å²) in [4.78, 5) is 15.9. The molecule has 1 amide bonds. The molecule has 1 aromatic carbocycles. The van der Waals surface area contributed by atoms with Gasteiger partial charge in [0.25, 0.3) is 5.91 Å². The van der Waals surface area contributed by atoms with Crippen LogP contribution < -0.4 is 5.32 Å². The van der Waals surface area contributed by atoms with Crippen LogP contribution >= 0.6 is 23.2 Å². The molecule has 3 nitrogen and oxygen atoms in total. The summed E-state index contributed by atoms with van der Waals surface area (Å²) in [5.74, 6) is -0.890. The Hall–Kier alpha value is -1.65. The van der Waals surface area contributed by atoms with Crippen molar-refractivity contribution in [2.24, 2.45) is 0 Å². The molecule has 0 saturated heterocycles. The summed E-state index contributed by atoms with van der Waals surface area (Å²) in [5.41, 5.74) is 0.404. The molecule has 2 rings (SSSR count). The molecule has 6 heteroatoms. The first-order valence-electron chi connectivity index (χ1n) is 5.86. The van der Waals surface area contributed by atoms with Crippen molar-refractivity contribution in [1.29, 1.82) is 0 Å². The fraction of sp³-hybridized carbons (Fsp3) is 0.143. The van der Waals surface area contributed by atoms with E-state index in [1.807, 2.05) is 0 Å². The highest BCUT2D eigenvalue weighted by atomic mass is 35.5. The van der Waals surface area contributed by atoms with Gasteiger partial charge in [-0.05, 0) is 25.1 Å². The second kappa shape index (κ2) is 6.20. The fourth-order valence-electron chi connectivity index (χ4n) is 1.75. The summed E-state index contributed by atoms with van der Waals surface area (Å²) >= 11 is 11.6. The van der Waals surface area contributed by atoms with E-state index in [0.29, 0.717) is 5.56 Å². The quantitative estimate of drug-likeness (QED) is 0.870. The van der Waals surface area contributed by atoms with Crippen LogP contribution in [-0.4, -0.2) is 10.9 Å². The second-order valence-electron chi connectivity index (χ2n) is 4.18. The number of halogens is 3. The number of rotatable bonds is 3. The number of nitrogens with zero attached hydrogens (tertiary/aromatic N) is 1. The zero-order valence-corrected chi connectivity index (χ0v) is 12.0. The fourth-order valence-corrected chi connectivity index (χ4v) is 2.09. The van der Waals surface area contributed by atoms with E-state index in [1.54, 1.807) is 25.1 Å². The van der Waals surface area contributed by atoms with E-state index in [-0.39, 0.29) is 21.7 Å². The first-order valence-corrected chi connectivity index (χ1v) is 6.62. The Labute approximate surface area is 125 Å². The normalized spacial score (nSPS) is 12.0. The molecule has 0 aliphatic heterocycles. The van der Waals surface area contributed by atoms with Crippen LogP contribution in [0.15, 0.2) is 36.4 Å². The maximum atomic E-state index is 13.6. The van der Waals surface area contributed by atoms with Gasteiger partial charge >= 0.3 is 0 Å². The lowest BCUT2D eigenvalue weighted by Crippen LogP contribution is -2.28. The van der Waals surface area contributed by atoms with E-state index < -0.39 is 11.9 Å². The number of nitrogens with one attached hydrogen (secondary N) is 1. The Morgan fingerprint density at radius 2 is 1.95 bits per heavy atom. The summed E-state index contributed by atoms with van der Waals surface area (Å²) in [6.45, 7) is 1.68. The molecule has 1 N–H and O–H groups in total. The Kier molecular flexibility index (Phi) is 4.57. The van der Waals surface area contributed by atoms with Gasteiger partial charge in [-0.15, -0.1) is 0 Å². The van der Waals surface area contributed by atoms with Crippen LogP contribution in [-0.2, 0) is 0 Å². The molecular formula is C14H11Cl2FN2O. The number of carbonyl (C=O) groups is 1. The van der Waals surface area contributed by atoms with Gasteiger partial charge in [0.2, 0.25) is 0 Å². The van der Waals surface area contributed by atoms with Gasteiger partial charge in [0, 0.05) is 5.56 Å². The van der Waals surface area contributed by atoms with Crippen molar-refractivity contribution in [3.8, 4) is 0 Å². The molecule has 0 aliphatic carbocycles. The van der Waals surface area contributed by atoms with E-state index in [1.165, 1.54) is 18.2 Å². The molecule has 104 valence electrons. The number of carbonyl (C=O) groups excluding carboxylic acids is 1. The lowest BCUT2D eigenvalue weighted by molar-refractivity contribution is 0.0934. The molecule has 1 atom stereocenters. The molecule has 1 heterocycles. The standard InChI is InChI=1S/C14H11Cl2FN2O/c1-8(9-4-2-3-5-11(9)17)18-14(20)13-10(15)6-7-12(16)19-13/h2-8H,1H3,(H,18,20). The molecule has 0 spiro atoms. The number of hydrogen-bond acceptors (Lipinski definition) is 2. The Morgan fingerprint density at radius 3 is 2.65 bits per heavy atom. The highest BCUT2D eigenvalue weighted by Gasteiger charge is 2.17. The molecule has 0 saturated carbocycles. The van der Waals surface area contributed by atoms with Gasteiger partial charge in [0.1, 0.15) is 16.7 Å². The highest BCUT2D eigenvalue weighted by molar-refractivity contribution is 6.34. The monoisotopic (exact) mass is 312 g/mol. The lowest BCUT2D eigenvalue weighted by atomic mass is 10.1. The molecule has 2 aromatic rings. The van der Waals surface area contributed by atoms with Crippen molar-refractivity contribution in [3.63, 3.8) is 0 Å². The third-order valence-corrected chi connectivity index (χ3v) is 3.26. The number of hydrogen-bond donors (Lipinski definition) is 1. The Bertz CT molecular complexity index is 649. The van der Waals surface area contributed by atoms with Gasteiger partial charge in [-0.25, -0.2) is 9.37 Å². The predicted molar refractivity (Wildman–Crippen MR) is 76.5 cm³/mol. The summed E-state index contributed by atoms with van der Waals surface area (Å²) in [7, 11) is 0. The lowest BCUT2D eigenvalue weighted by Gasteiger charge is -2.15. The van der Waals surface area contributed by atoms with Crippen molar-refractivity contribution in [3.05, 3.63) is 63.6 Å². The molecule has 1 aromatic heterocycles. The minimum absolute atomic E-state index is 0.0161. The van der Waals surface area contributed by atoms with Crippen molar-refractivity contribution >= 4 is 29.1 Å².